The SMILES string of the molecule is Fc1ccc(Nc2ncnc3nc(Nc4ccc(CN5CCOCC5)cc4)sc23)cc1CI. The van der Waals surface area contributed by atoms with Crippen molar-refractivity contribution in [2.75, 3.05) is 36.9 Å². The fourth-order valence-electron chi connectivity index (χ4n) is 3.62. The lowest BCUT2D eigenvalue weighted by Gasteiger charge is -2.26. The molecule has 2 aromatic heterocycles. The lowest BCUT2D eigenvalue weighted by atomic mass is 10.2. The minimum Gasteiger partial charge on any atom is -0.379 e. The summed E-state index contributed by atoms with van der Waals surface area (Å²) in [5.74, 6) is 0.445. The molecule has 0 atom stereocenters. The maximum Gasteiger partial charge on any atom is 0.189 e. The van der Waals surface area contributed by atoms with Gasteiger partial charge >= 0.3 is 0 Å². The van der Waals surface area contributed by atoms with Crippen molar-refractivity contribution in [2.45, 2.75) is 11.0 Å². The van der Waals surface area contributed by atoms with Crippen molar-refractivity contribution in [3.8, 4) is 0 Å². The van der Waals surface area contributed by atoms with Gasteiger partial charge in [0.2, 0.25) is 0 Å². The van der Waals surface area contributed by atoms with Gasteiger partial charge in [-0.2, -0.15) is 4.98 Å². The molecule has 1 aliphatic rings. The summed E-state index contributed by atoms with van der Waals surface area (Å²) in [7, 11) is 0. The number of halogens is 2. The first-order chi connectivity index (χ1) is 16.2. The van der Waals surface area contributed by atoms with Gasteiger partial charge in [-0.05, 0) is 41.5 Å². The molecule has 4 aromatic rings. The lowest BCUT2D eigenvalue weighted by molar-refractivity contribution is 0.0342. The first kappa shape index (κ1) is 22.4. The third-order valence-corrected chi connectivity index (χ3v) is 7.15. The number of fused-ring (bicyclic) bond motifs is 1. The molecule has 0 unspecified atom stereocenters. The first-order valence-corrected chi connectivity index (χ1v) is 12.9. The fraction of sp³-hybridized carbons (Fsp3) is 0.261. The smallest absolute Gasteiger partial charge is 0.189 e. The zero-order valence-corrected chi connectivity index (χ0v) is 20.7. The van der Waals surface area contributed by atoms with Crippen molar-refractivity contribution < 1.29 is 9.13 Å². The van der Waals surface area contributed by atoms with Gasteiger partial charge in [0, 0.05) is 35.4 Å². The fourth-order valence-corrected chi connectivity index (χ4v) is 5.09. The monoisotopic (exact) mass is 576 g/mol. The van der Waals surface area contributed by atoms with E-state index in [1.807, 2.05) is 0 Å². The van der Waals surface area contributed by atoms with Crippen molar-refractivity contribution in [1.29, 1.82) is 0 Å². The summed E-state index contributed by atoms with van der Waals surface area (Å²) in [6, 6.07) is 13.4. The van der Waals surface area contributed by atoms with Gasteiger partial charge in [0.05, 0.1) is 13.2 Å². The molecular formula is C23H22FIN6OS. The molecule has 1 fully saturated rings. The second-order valence-corrected chi connectivity index (χ2v) is 9.43. The van der Waals surface area contributed by atoms with E-state index in [-0.39, 0.29) is 5.82 Å². The Morgan fingerprint density at radius 2 is 1.82 bits per heavy atom. The molecule has 2 aromatic carbocycles. The van der Waals surface area contributed by atoms with E-state index >= 15 is 0 Å². The Labute approximate surface area is 208 Å². The molecule has 0 saturated carbocycles. The summed E-state index contributed by atoms with van der Waals surface area (Å²) >= 11 is 3.63. The first-order valence-electron chi connectivity index (χ1n) is 10.6. The molecule has 0 bridgehead atoms. The van der Waals surface area contributed by atoms with Gasteiger partial charge in [0.25, 0.3) is 0 Å². The minimum atomic E-state index is -0.206. The normalized spacial score (nSPS) is 14.5. The van der Waals surface area contributed by atoms with Crippen LogP contribution in [0, 0.1) is 5.82 Å². The second-order valence-electron chi connectivity index (χ2n) is 7.67. The van der Waals surface area contributed by atoms with Crippen molar-refractivity contribution in [3.05, 3.63) is 65.7 Å². The van der Waals surface area contributed by atoms with Gasteiger partial charge in [0.15, 0.2) is 16.6 Å². The number of anilines is 4. The number of thiazole rings is 1. The Kier molecular flexibility index (Phi) is 6.95. The van der Waals surface area contributed by atoms with Crippen LogP contribution in [0.15, 0.2) is 48.8 Å². The predicted molar refractivity (Wildman–Crippen MR) is 138 cm³/mol. The Balaban J connectivity index is 1.30. The quantitative estimate of drug-likeness (QED) is 0.223. The average Bonchev–Trinajstić information content (AvgIpc) is 3.26. The zero-order chi connectivity index (χ0) is 22.6. The Bertz CT molecular complexity index is 1250. The summed E-state index contributed by atoms with van der Waals surface area (Å²) in [5.41, 5.74) is 4.28. The lowest BCUT2D eigenvalue weighted by Crippen LogP contribution is -2.35. The Hall–Kier alpha value is -2.41. The molecule has 2 N–H and O–H groups in total. The van der Waals surface area contributed by atoms with Crippen LogP contribution in [0.5, 0.6) is 0 Å². The molecule has 3 heterocycles. The Morgan fingerprint density at radius 3 is 2.61 bits per heavy atom. The van der Waals surface area contributed by atoms with Gasteiger partial charge in [-0.15, -0.1) is 0 Å². The number of nitrogens with one attached hydrogen (secondary N) is 2. The molecule has 0 radical (unpaired) electrons. The number of morpholine rings is 1. The van der Waals surface area contributed by atoms with E-state index < -0.39 is 0 Å². The number of hydrogen-bond donors (Lipinski definition) is 2. The van der Waals surface area contributed by atoms with Crippen LogP contribution in [-0.2, 0) is 15.7 Å². The number of rotatable bonds is 7. The Morgan fingerprint density at radius 1 is 1.03 bits per heavy atom. The molecule has 0 amide bonds. The van der Waals surface area contributed by atoms with E-state index in [2.05, 4.69) is 77.3 Å². The number of alkyl halides is 1. The predicted octanol–water partition coefficient (Wildman–Crippen LogP) is 5.48. The van der Waals surface area contributed by atoms with Crippen LogP contribution in [0.1, 0.15) is 11.1 Å². The van der Waals surface area contributed by atoms with E-state index in [9.17, 15) is 4.39 Å². The van der Waals surface area contributed by atoms with Crippen LogP contribution in [0.3, 0.4) is 0 Å². The number of ether oxygens (including phenoxy) is 1. The summed E-state index contributed by atoms with van der Waals surface area (Å²) in [4.78, 5) is 15.7. The highest BCUT2D eigenvalue weighted by molar-refractivity contribution is 14.1. The molecule has 10 heteroatoms. The standard InChI is InChI=1S/C23H22FIN6OS/c24-19-6-5-18(11-16(19)12-25)28-21-20-22(27-14-26-21)30-23(33-20)29-17-3-1-15(2-4-17)13-31-7-9-32-10-8-31/h1-6,11,14H,7-10,12-13H2,(H2,26,27,28,29,30). The van der Waals surface area contributed by atoms with Gasteiger partial charge in [-0.1, -0.05) is 46.1 Å². The summed E-state index contributed by atoms with van der Waals surface area (Å²) in [5, 5.41) is 7.39. The van der Waals surface area contributed by atoms with Crippen molar-refractivity contribution in [2.24, 2.45) is 0 Å². The van der Waals surface area contributed by atoms with Crippen molar-refractivity contribution in [3.63, 3.8) is 0 Å². The molecule has 170 valence electrons. The number of benzene rings is 2. The van der Waals surface area contributed by atoms with Crippen molar-refractivity contribution >= 4 is 66.6 Å². The molecule has 7 nitrogen and oxygen atoms in total. The number of hydrogen-bond acceptors (Lipinski definition) is 8. The zero-order valence-electron chi connectivity index (χ0n) is 17.7. The van der Waals surface area contributed by atoms with E-state index in [4.69, 9.17) is 4.74 Å². The molecule has 33 heavy (non-hydrogen) atoms. The third kappa shape index (κ3) is 5.40. The van der Waals surface area contributed by atoms with E-state index in [0.717, 1.165) is 54.1 Å². The largest absolute Gasteiger partial charge is 0.379 e. The maximum absolute atomic E-state index is 13.8. The van der Waals surface area contributed by atoms with Crippen LogP contribution in [0.2, 0.25) is 0 Å². The highest BCUT2D eigenvalue weighted by Crippen LogP contribution is 2.33. The minimum absolute atomic E-state index is 0.206. The van der Waals surface area contributed by atoms with Gasteiger partial charge in [-0.25, -0.2) is 14.4 Å². The van der Waals surface area contributed by atoms with E-state index in [1.165, 1.54) is 29.3 Å². The van der Waals surface area contributed by atoms with Crippen LogP contribution in [0.4, 0.5) is 26.7 Å². The molecule has 1 aliphatic heterocycles. The van der Waals surface area contributed by atoms with Crippen LogP contribution in [0.25, 0.3) is 10.3 Å². The third-order valence-electron chi connectivity index (χ3n) is 5.36. The van der Waals surface area contributed by atoms with Crippen LogP contribution in [-0.4, -0.2) is 46.2 Å². The number of aromatic nitrogens is 3. The molecular weight excluding hydrogens is 554 g/mol. The molecule has 1 saturated heterocycles. The molecule has 5 rings (SSSR count). The van der Waals surface area contributed by atoms with E-state index in [1.54, 1.807) is 12.1 Å². The van der Waals surface area contributed by atoms with Crippen molar-refractivity contribution in [1.82, 2.24) is 19.9 Å². The summed E-state index contributed by atoms with van der Waals surface area (Å²) in [6.45, 7) is 4.48. The van der Waals surface area contributed by atoms with Crippen LogP contribution < -0.4 is 10.6 Å². The summed E-state index contributed by atoms with van der Waals surface area (Å²) < 4.78 is 20.7. The topological polar surface area (TPSA) is 75.2 Å². The highest BCUT2D eigenvalue weighted by Gasteiger charge is 2.13. The van der Waals surface area contributed by atoms with Gasteiger partial charge in [0.1, 0.15) is 16.8 Å². The highest BCUT2D eigenvalue weighted by atomic mass is 127. The maximum atomic E-state index is 13.8. The van der Waals surface area contributed by atoms with E-state index in [0.29, 0.717) is 21.5 Å². The van der Waals surface area contributed by atoms with Gasteiger partial charge < -0.3 is 15.4 Å². The average molecular weight is 576 g/mol. The number of nitrogens with zero attached hydrogens (tertiary/aromatic N) is 4. The van der Waals surface area contributed by atoms with Gasteiger partial charge in [-0.3, -0.25) is 4.90 Å². The van der Waals surface area contributed by atoms with Crippen LogP contribution >= 0.6 is 33.9 Å². The second kappa shape index (κ2) is 10.2. The molecule has 0 spiro atoms. The summed E-state index contributed by atoms with van der Waals surface area (Å²) in [6.07, 6.45) is 1.48. The molecule has 0 aliphatic carbocycles.